The molecule has 0 heterocycles. The first kappa shape index (κ1) is 9.14. The summed E-state index contributed by atoms with van der Waals surface area (Å²) in [5.74, 6) is -1.31. The van der Waals surface area contributed by atoms with Crippen LogP contribution in [-0.4, -0.2) is 11.8 Å². The SMILES string of the molecule is CC(C)CC(=O)CC(=O)[O-]. The molecule has 0 aliphatic heterocycles. The summed E-state index contributed by atoms with van der Waals surface area (Å²) in [6.45, 7) is 3.74. The Morgan fingerprint density at radius 1 is 1.40 bits per heavy atom. The monoisotopic (exact) mass is 143 g/mol. The summed E-state index contributed by atoms with van der Waals surface area (Å²) in [6, 6.07) is 0. The maximum absolute atomic E-state index is 10.6. The number of carbonyl (C=O) groups is 2. The number of hydrogen-bond acceptors (Lipinski definition) is 3. The molecule has 0 N–H and O–H groups in total. The maximum atomic E-state index is 10.6. The molecule has 58 valence electrons. The van der Waals surface area contributed by atoms with E-state index in [1.165, 1.54) is 0 Å². The minimum absolute atomic E-state index is 0.229. The molecule has 0 fully saturated rings. The molecular formula is C7H11O3-. The van der Waals surface area contributed by atoms with Crippen LogP contribution < -0.4 is 5.11 Å². The quantitative estimate of drug-likeness (QED) is 0.509. The molecule has 0 aliphatic carbocycles. The van der Waals surface area contributed by atoms with Crippen molar-refractivity contribution in [3.05, 3.63) is 0 Å². The van der Waals surface area contributed by atoms with Crippen molar-refractivity contribution in [2.75, 3.05) is 0 Å². The second-order valence-corrected chi connectivity index (χ2v) is 2.69. The molecule has 0 saturated carbocycles. The van der Waals surface area contributed by atoms with E-state index in [9.17, 15) is 14.7 Å². The van der Waals surface area contributed by atoms with Gasteiger partial charge in [-0.3, -0.25) is 4.79 Å². The van der Waals surface area contributed by atoms with Crippen molar-refractivity contribution in [3.63, 3.8) is 0 Å². The molecule has 0 aromatic rings. The van der Waals surface area contributed by atoms with E-state index in [0.717, 1.165) is 0 Å². The van der Waals surface area contributed by atoms with E-state index in [-0.39, 0.29) is 11.7 Å². The van der Waals surface area contributed by atoms with Gasteiger partial charge in [-0.25, -0.2) is 0 Å². The van der Waals surface area contributed by atoms with E-state index in [2.05, 4.69) is 0 Å². The van der Waals surface area contributed by atoms with Crippen molar-refractivity contribution in [1.82, 2.24) is 0 Å². The highest BCUT2D eigenvalue weighted by Crippen LogP contribution is 2.01. The Labute approximate surface area is 60.0 Å². The molecule has 0 amide bonds. The fourth-order valence-electron chi connectivity index (χ4n) is 0.688. The van der Waals surface area contributed by atoms with Gasteiger partial charge < -0.3 is 9.90 Å². The largest absolute Gasteiger partial charge is 0.550 e. The lowest BCUT2D eigenvalue weighted by atomic mass is 10.1. The normalized spacial score (nSPS) is 9.90. The van der Waals surface area contributed by atoms with Crippen LogP contribution in [-0.2, 0) is 9.59 Å². The third-order valence-corrected chi connectivity index (χ3v) is 0.977. The molecule has 10 heavy (non-hydrogen) atoms. The minimum Gasteiger partial charge on any atom is -0.550 e. The van der Waals surface area contributed by atoms with Gasteiger partial charge in [-0.2, -0.15) is 0 Å². The second-order valence-electron chi connectivity index (χ2n) is 2.69. The summed E-state index contributed by atoms with van der Waals surface area (Å²) < 4.78 is 0. The van der Waals surface area contributed by atoms with Crippen molar-refractivity contribution >= 4 is 11.8 Å². The Morgan fingerprint density at radius 3 is 2.20 bits per heavy atom. The van der Waals surface area contributed by atoms with Gasteiger partial charge in [-0.15, -0.1) is 0 Å². The van der Waals surface area contributed by atoms with Gasteiger partial charge in [0.05, 0.1) is 0 Å². The lowest BCUT2D eigenvalue weighted by Crippen LogP contribution is -2.25. The fraction of sp³-hybridized carbons (Fsp3) is 0.714. The Balaban J connectivity index is 3.54. The molecule has 0 bridgehead atoms. The van der Waals surface area contributed by atoms with Crippen LogP contribution in [0.3, 0.4) is 0 Å². The van der Waals surface area contributed by atoms with Crippen LogP contribution in [0.25, 0.3) is 0 Å². The summed E-state index contributed by atoms with van der Waals surface area (Å²) in [5, 5.41) is 9.86. The second kappa shape index (κ2) is 4.04. The summed E-state index contributed by atoms with van der Waals surface area (Å²) in [5.41, 5.74) is 0. The lowest BCUT2D eigenvalue weighted by Gasteiger charge is -2.03. The van der Waals surface area contributed by atoms with Gasteiger partial charge in [0.1, 0.15) is 5.78 Å². The molecule has 0 aromatic heterocycles. The molecular weight excluding hydrogens is 132 g/mol. The molecule has 0 radical (unpaired) electrons. The van der Waals surface area contributed by atoms with Crippen LogP contribution in [0.15, 0.2) is 0 Å². The van der Waals surface area contributed by atoms with Gasteiger partial charge in [-0.05, 0) is 5.92 Å². The predicted molar refractivity (Wildman–Crippen MR) is 34.1 cm³/mol. The van der Waals surface area contributed by atoms with Crippen LogP contribution in [0.5, 0.6) is 0 Å². The third-order valence-electron chi connectivity index (χ3n) is 0.977. The molecule has 0 rings (SSSR count). The molecule has 0 aromatic carbocycles. The highest BCUT2D eigenvalue weighted by Gasteiger charge is 2.03. The number of rotatable bonds is 4. The molecule has 0 spiro atoms. The van der Waals surface area contributed by atoms with Gasteiger partial charge in [-0.1, -0.05) is 13.8 Å². The van der Waals surface area contributed by atoms with E-state index < -0.39 is 12.4 Å². The molecule has 3 nitrogen and oxygen atoms in total. The number of aliphatic carboxylic acids is 1. The topological polar surface area (TPSA) is 57.2 Å². The van der Waals surface area contributed by atoms with E-state index in [4.69, 9.17) is 0 Å². The van der Waals surface area contributed by atoms with Crippen LogP contribution in [0.4, 0.5) is 0 Å². The Bertz CT molecular complexity index is 138. The van der Waals surface area contributed by atoms with Gasteiger partial charge >= 0.3 is 0 Å². The molecule has 0 atom stereocenters. The van der Waals surface area contributed by atoms with Crippen molar-refractivity contribution in [2.45, 2.75) is 26.7 Å². The van der Waals surface area contributed by atoms with Gasteiger partial charge in [0.15, 0.2) is 0 Å². The molecule has 3 heteroatoms. The summed E-state index contributed by atoms with van der Waals surface area (Å²) in [6.07, 6.45) is -0.119. The van der Waals surface area contributed by atoms with Gasteiger partial charge in [0.2, 0.25) is 0 Å². The standard InChI is InChI=1S/C7H12O3/c1-5(2)3-6(8)4-7(9)10/h5H,3-4H2,1-2H3,(H,9,10)/p-1. The van der Waals surface area contributed by atoms with E-state index in [1.54, 1.807) is 0 Å². The number of hydrogen-bond donors (Lipinski definition) is 0. The molecule has 0 aliphatic rings. The molecule has 0 saturated heterocycles. The average Bonchev–Trinajstić information content (AvgIpc) is 1.58. The lowest BCUT2D eigenvalue weighted by molar-refractivity contribution is -0.304. The summed E-state index contributed by atoms with van der Waals surface area (Å²) in [4.78, 5) is 20.5. The first-order chi connectivity index (χ1) is 4.52. The van der Waals surface area contributed by atoms with Crippen LogP contribution in [0.1, 0.15) is 26.7 Å². The zero-order valence-corrected chi connectivity index (χ0v) is 6.22. The van der Waals surface area contributed by atoms with E-state index in [0.29, 0.717) is 6.42 Å². The van der Waals surface area contributed by atoms with Crippen molar-refractivity contribution in [3.8, 4) is 0 Å². The minimum atomic E-state index is -1.29. The van der Waals surface area contributed by atoms with Crippen molar-refractivity contribution < 1.29 is 14.7 Å². The number of Topliss-reactive ketones (excluding diaryl/α,β-unsaturated/α-hetero) is 1. The highest BCUT2D eigenvalue weighted by molar-refractivity contribution is 5.93. The van der Waals surface area contributed by atoms with Crippen LogP contribution in [0, 0.1) is 5.92 Å². The average molecular weight is 143 g/mol. The summed E-state index contributed by atoms with van der Waals surface area (Å²) in [7, 11) is 0. The Kier molecular flexibility index (Phi) is 3.69. The third kappa shape index (κ3) is 5.28. The maximum Gasteiger partial charge on any atom is 0.138 e. The van der Waals surface area contributed by atoms with Gasteiger partial charge in [0.25, 0.3) is 0 Å². The van der Waals surface area contributed by atoms with E-state index >= 15 is 0 Å². The first-order valence-corrected chi connectivity index (χ1v) is 3.24. The van der Waals surface area contributed by atoms with Crippen LogP contribution >= 0.6 is 0 Å². The smallest absolute Gasteiger partial charge is 0.138 e. The zero-order chi connectivity index (χ0) is 8.15. The fourth-order valence-corrected chi connectivity index (χ4v) is 0.688. The Hall–Kier alpha value is -0.860. The number of carboxylic acid groups (broad SMARTS) is 1. The summed E-state index contributed by atoms with van der Waals surface area (Å²) >= 11 is 0. The van der Waals surface area contributed by atoms with Crippen LogP contribution in [0.2, 0.25) is 0 Å². The molecule has 0 unspecified atom stereocenters. The predicted octanol–water partition coefficient (Wildman–Crippen LogP) is -0.258. The van der Waals surface area contributed by atoms with Crippen molar-refractivity contribution in [1.29, 1.82) is 0 Å². The van der Waals surface area contributed by atoms with E-state index in [1.807, 2.05) is 13.8 Å². The van der Waals surface area contributed by atoms with Crippen molar-refractivity contribution in [2.24, 2.45) is 5.92 Å². The number of carbonyl (C=O) groups excluding carboxylic acids is 2. The van der Waals surface area contributed by atoms with Gasteiger partial charge in [0, 0.05) is 18.8 Å². The number of carboxylic acids is 1. The highest BCUT2D eigenvalue weighted by atomic mass is 16.4. The first-order valence-electron chi connectivity index (χ1n) is 3.24. The Morgan fingerprint density at radius 2 is 1.90 bits per heavy atom. The number of ketones is 1. The zero-order valence-electron chi connectivity index (χ0n) is 6.22.